The molecule has 1 saturated carbocycles. The molecule has 0 bridgehead atoms. The van der Waals surface area contributed by atoms with Gasteiger partial charge in [0.05, 0.1) is 6.54 Å². The molecule has 2 aliphatic rings. The van der Waals surface area contributed by atoms with E-state index < -0.39 is 0 Å². The van der Waals surface area contributed by atoms with Crippen LogP contribution in [0.2, 0.25) is 0 Å². The highest BCUT2D eigenvalue weighted by molar-refractivity contribution is 5.81. The van der Waals surface area contributed by atoms with Crippen molar-refractivity contribution >= 4 is 5.91 Å². The van der Waals surface area contributed by atoms with Crippen LogP contribution in [-0.4, -0.2) is 23.9 Å². The lowest BCUT2D eigenvalue weighted by molar-refractivity contribution is -0.128. The topological polar surface area (TPSA) is 32.3 Å². The van der Waals surface area contributed by atoms with Crippen LogP contribution in [0.1, 0.15) is 37.1 Å². The van der Waals surface area contributed by atoms with Crippen molar-refractivity contribution in [2.75, 3.05) is 13.1 Å². The van der Waals surface area contributed by atoms with E-state index in [1.807, 2.05) is 4.90 Å². The SMILES string of the molecule is Cc1cccc(C2NCC(=O)N2CC(C)C2CC2)c1. The van der Waals surface area contributed by atoms with Crippen LogP contribution < -0.4 is 5.32 Å². The van der Waals surface area contributed by atoms with Gasteiger partial charge in [-0.05, 0) is 37.2 Å². The number of amides is 1. The zero-order chi connectivity index (χ0) is 13.4. The highest BCUT2D eigenvalue weighted by Crippen LogP contribution is 2.38. The van der Waals surface area contributed by atoms with Crippen molar-refractivity contribution < 1.29 is 4.79 Å². The van der Waals surface area contributed by atoms with Crippen molar-refractivity contribution in [3.63, 3.8) is 0 Å². The van der Waals surface area contributed by atoms with Gasteiger partial charge in [0.1, 0.15) is 6.17 Å². The van der Waals surface area contributed by atoms with Gasteiger partial charge in [-0.2, -0.15) is 0 Å². The first-order chi connectivity index (χ1) is 9.15. The molecule has 1 amide bonds. The molecule has 0 spiro atoms. The molecule has 19 heavy (non-hydrogen) atoms. The molecule has 1 heterocycles. The minimum Gasteiger partial charge on any atom is -0.322 e. The fourth-order valence-electron chi connectivity index (χ4n) is 3.01. The largest absolute Gasteiger partial charge is 0.322 e. The molecule has 0 aromatic heterocycles. The van der Waals surface area contributed by atoms with E-state index >= 15 is 0 Å². The summed E-state index contributed by atoms with van der Waals surface area (Å²) in [4.78, 5) is 14.1. The number of benzene rings is 1. The number of nitrogens with one attached hydrogen (secondary N) is 1. The highest BCUT2D eigenvalue weighted by atomic mass is 16.2. The zero-order valence-electron chi connectivity index (χ0n) is 11.7. The van der Waals surface area contributed by atoms with Crippen molar-refractivity contribution in [1.82, 2.24) is 10.2 Å². The van der Waals surface area contributed by atoms with Crippen LogP contribution in [0.4, 0.5) is 0 Å². The molecular weight excluding hydrogens is 236 g/mol. The molecule has 3 heteroatoms. The van der Waals surface area contributed by atoms with E-state index in [0.29, 0.717) is 12.5 Å². The number of hydrogen-bond acceptors (Lipinski definition) is 2. The van der Waals surface area contributed by atoms with Crippen LogP contribution >= 0.6 is 0 Å². The predicted octanol–water partition coefficient (Wildman–Crippen LogP) is 2.47. The van der Waals surface area contributed by atoms with Gasteiger partial charge in [0, 0.05) is 6.54 Å². The van der Waals surface area contributed by atoms with Crippen LogP contribution in [-0.2, 0) is 4.79 Å². The fraction of sp³-hybridized carbons (Fsp3) is 0.562. The number of rotatable bonds is 4. The Morgan fingerprint density at radius 3 is 2.89 bits per heavy atom. The summed E-state index contributed by atoms with van der Waals surface area (Å²) in [5.74, 6) is 1.70. The van der Waals surface area contributed by atoms with Crippen LogP contribution in [0, 0.1) is 18.8 Å². The molecule has 2 unspecified atom stereocenters. The van der Waals surface area contributed by atoms with Crippen molar-refractivity contribution in [1.29, 1.82) is 0 Å². The average molecular weight is 258 g/mol. The second kappa shape index (κ2) is 4.97. The molecule has 1 aliphatic heterocycles. The van der Waals surface area contributed by atoms with Gasteiger partial charge >= 0.3 is 0 Å². The molecule has 3 nitrogen and oxygen atoms in total. The van der Waals surface area contributed by atoms with Crippen LogP contribution in [0.15, 0.2) is 24.3 Å². The second-order valence-corrected chi connectivity index (χ2v) is 6.06. The number of aryl methyl sites for hydroxylation is 1. The first-order valence-electron chi connectivity index (χ1n) is 7.24. The van der Waals surface area contributed by atoms with E-state index in [1.54, 1.807) is 0 Å². The molecule has 1 N–H and O–H groups in total. The Kier molecular flexibility index (Phi) is 3.31. The lowest BCUT2D eigenvalue weighted by Crippen LogP contribution is -2.34. The van der Waals surface area contributed by atoms with Gasteiger partial charge in [-0.25, -0.2) is 0 Å². The smallest absolute Gasteiger partial charge is 0.238 e. The first kappa shape index (κ1) is 12.7. The first-order valence-corrected chi connectivity index (χ1v) is 7.24. The summed E-state index contributed by atoms with van der Waals surface area (Å²) in [6, 6.07) is 8.44. The Hall–Kier alpha value is -1.35. The lowest BCUT2D eigenvalue weighted by atomic mass is 10.0. The Morgan fingerprint density at radius 1 is 1.42 bits per heavy atom. The summed E-state index contributed by atoms with van der Waals surface area (Å²) in [5, 5.41) is 3.34. The molecule has 102 valence electrons. The maximum absolute atomic E-state index is 12.1. The number of carbonyl (C=O) groups is 1. The third kappa shape index (κ3) is 2.66. The highest BCUT2D eigenvalue weighted by Gasteiger charge is 2.36. The van der Waals surface area contributed by atoms with E-state index in [2.05, 4.69) is 43.4 Å². The predicted molar refractivity (Wildman–Crippen MR) is 75.5 cm³/mol. The normalized spacial score (nSPS) is 24.8. The van der Waals surface area contributed by atoms with Gasteiger partial charge in [0.15, 0.2) is 0 Å². The Balaban J connectivity index is 1.77. The Morgan fingerprint density at radius 2 is 2.21 bits per heavy atom. The second-order valence-electron chi connectivity index (χ2n) is 6.06. The summed E-state index contributed by atoms with van der Waals surface area (Å²) < 4.78 is 0. The van der Waals surface area contributed by atoms with Crippen LogP contribution in [0.3, 0.4) is 0 Å². The minimum atomic E-state index is 0.0635. The van der Waals surface area contributed by atoms with E-state index in [-0.39, 0.29) is 12.1 Å². The Bertz CT molecular complexity index is 481. The summed E-state index contributed by atoms with van der Waals surface area (Å²) in [5.41, 5.74) is 2.45. The molecular formula is C16H22N2O. The standard InChI is InChI=1S/C16H22N2O/c1-11-4-3-5-14(8-11)16-17-9-15(19)18(16)10-12(2)13-6-7-13/h3-5,8,12-13,16-17H,6-7,9-10H2,1-2H3. The zero-order valence-corrected chi connectivity index (χ0v) is 11.7. The Labute approximate surface area is 115 Å². The maximum Gasteiger partial charge on any atom is 0.238 e. The fourth-order valence-corrected chi connectivity index (χ4v) is 3.01. The molecule has 0 radical (unpaired) electrons. The molecule has 1 aliphatic carbocycles. The average Bonchev–Trinajstić information content (AvgIpc) is 3.17. The third-order valence-corrected chi connectivity index (χ3v) is 4.35. The number of nitrogens with zero attached hydrogens (tertiary/aromatic N) is 1. The molecule has 2 atom stereocenters. The van der Waals surface area contributed by atoms with E-state index in [4.69, 9.17) is 0 Å². The van der Waals surface area contributed by atoms with Crippen molar-refractivity contribution in [2.45, 2.75) is 32.9 Å². The summed E-state index contributed by atoms with van der Waals surface area (Å²) >= 11 is 0. The van der Waals surface area contributed by atoms with Gasteiger partial charge in [0.2, 0.25) is 5.91 Å². The number of hydrogen-bond donors (Lipinski definition) is 1. The molecule has 1 aromatic rings. The van der Waals surface area contributed by atoms with Gasteiger partial charge < -0.3 is 4.90 Å². The summed E-state index contributed by atoms with van der Waals surface area (Å²) in [6.07, 6.45) is 2.74. The van der Waals surface area contributed by atoms with E-state index in [9.17, 15) is 4.79 Å². The van der Waals surface area contributed by atoms with Gasteiger partial charge in [-0.1, -0.05) is 36.8 Å². The number of carbonyl (C=O) groups excluding carboxylic acids is 1. The van der Waals surface area contributed by atoms with Gasteiger partial charge in [-0.15, -0.1) is 0 Å². The van der Waals surface area contributed by atoms with Crippen LogP contribution in [0.5, 0.6) is 0 Å². The lowest BCUT2D eigenvalue weighted by Gasteiger charge is -2.27. The van der Waals surface area contributed by atoms with Crippen molar-refractivity contribution in [3.8, 4) is 0 Å². The van der Waals surface area contributed by atoms with E-state index in [1.165, 1.54) is 24.0 Å². The molecule has 1 saturated heterocycles. The van der Waals surface area contributed by atoms with Gasteiger partial charge in [0.25, 0.3) is 0 Å². The monoisotopic (exact) mass is 258 g/mol. The van der Waals surface area contributed by atoms with E-state index in [0.717, 1.165) is 12.5 Å². The third-order valence-electron chi connectivity index (χ3n) is 4.35. The van der Waals surface area contributed by atoms with Crippen LogP contribution in [0.25, 0.3) is 0 Å². The van der Waals surface area contributed by atoms with Crippen molar-refractivity contribution in [3.05, 3.63) is 35.4 Å². The van der Waals surface area contributed by atoms with Gasteiger partial charge in [-0.3, -0.25) is 10.1 Å². The summed E-state index contributed by atoms with van der Waals surface area (Å²) in [7, 11) is 0. The van der Waals surface area contributed by atoms with Crippen molar-refractivity contribution in [2.24, 2.45) is 11.8 Å². The quantitative estimate of drug-likeness (QED) is 0.900. The molecule has 1 aromatic carbocycles. The molecule has 3 rings (SSSR count). The minimum absolute atomic E-state index is 0.0635. The maximum atomic E-state index is 12.1. The summed E-state index contributed by atoms with van der Waals surface area (Å²) in [6.45, 7) is 5.72. The molecule has 2 fully saturated rings.